The van der Waals surface area contributed by atoms with E-state index >= 15 is 0 Å². The highest BCUT2D eigenvalue weighted by Gasteiger charge is 2.10. The fraction of sp³-hybridized carbons (Fsp3) is 0.625. The first-order chi connectivity index (χ1) is 8.37. The van der Waals surface area contributed by atoms with Gasteiger partial charge in [0, 0.05) is 12.2 Å². The molecule has 1 aromatic rings. The smallest absolute Gasteiger partial charge is 0.119 e. The SMILES string of the molecule is CC(C)CCNc1ccc(OCC(C)(C)C)cc1. The quantitative estimate of drug-likeness (QED) is 0.797. The summed E-state index contributed by atoms with van der Waals surface area (Å²) in [6.07, 6.45) is 1.20. The van der Waals surface area contributed by atoms with Crippen molar-refractivity contribution in [3.05, 3.63) is 24.3 Å². The van der Waals surface area contributed by atoms with Gasteiger partial charge in [0.1, 0.15) is 5.75 Å². The van der Waals surface area contributed by atoms with Gasteiger partial charge in [0.2, 0.25) is 0 Å². The fourth-order valence-corrected chi connectivity index (χ4v) is 1.47. The Bertz CT molecular complexity index is 335. The molecule has 0 radical (unpaired) electrons. The molecule has 0 aliphatic rings. The molecule has 102 valence electrons. The van der Waals surface area contributed by atoms with Gasteiger partial charge in [-0.2, -0.15) is 0 Å². The molecule has 18 heavy (non-hydrogen) atoms. The van der Waals surface area contributed by atoms with Crippen LogP contribution < -0.4 is 10.1 Å². The van der Waals surface area contributed by atoms with Crippen molar-refractivity contribution in [2.45, 2.75) is 41.0 Å². The molecule has 1 N–H and O–H groups in total. The van der Waals surface area contributed by atoms with E-state index in [-0.39, 0.29) is 5.41 Å². The lowest BCUT2D eigenvalue weighted by atomic mass is 9.99. The monoisotopic (exact) mass is 249 g/mol. The van der Waals surface area contributed by atoms with Gasteiger partial charge >= 0.3 is 0 Å². The molecule has 0 heterocycles. The van der Waals surface area contributed by atoms with Gasteiger partial charge in [0.25, 0.3) is 0 Å². The fourth-order valence-electron chi connectivity index (χ4n) is 1.47. The second-order valence-corrected chi connectivity index (χ2v) is 6.48. The first-order valence-electron chi connectivity index (χ1n) is 6.83. The summed E-state index contributed by atoms with van der Waals surface area (Å²) >= 11 is 0. The number of benzene rings is 1. The third kappa shape index (κ3) is 6.53. The molecule has 0 aliphatic carbocycles. The molecule has 0 atom stereocenters. The van der Waals surface area contributed by atoms with Crippen molar-refractivity contribution < 1.29 is 4.74 Å². The maximum Gasteiger partial charge on any atom is 0.119 e. The Morgan fingerprint density at radius 1 is 1.11 bits per heavy atom. The molecule has 2 heteroatoms. The van der Waals surface area contributed by atoms with Crippen LogP contribution in [-0.4, -0.2) is 13.2 Å². The summed E-state index contributed by atoms with van der Waals surface area (Å²) in [4.78, 5) is 0. The molecular weight excluding hydrogens is 222 g/mol. The molecule has 0 spiro atoms. The van der Waals surface area contributed by atoms with E-state index in [4.69, 9.17) is 4.74 Å². The zero-order valence-corrected chi connectivity index (χ0v) is 12.4. The zero-order valence-electron chi connectivity index (χ0n) is 12.4. The molecule has 2 nitrogen and oxygen atoms in total. The first-order valence-corrected chi connectivity index (χ1v) is 6.83. The normalized spacial score (nSPS) is 11.7. The van der Waals surface area contributed by atoms with Gasteiger partial charge in [-0.3, -0.25) is 0 Å². The van der Waals surface area contributed by atoms with Crippen molar-refractivity contribution in [1.82, 2.24) is 0 Å². The van der Waals surface area contributed by atoms with Crippen molar-refractivity contribution in [1.29, 1.82) is 0 Å². The zero-order chi connectivity index (χ0) is 13.6. The molecule has 0 fully saturated rings. The molecule has 0 amide bonds. The Labute approximate surface area is 112 Å². The highest BCUT2D eigenvalue weighted by atomic mass is 16.5. The summed E-state index contributed by atoms with van der Waals surface area (Å²) in [6.45, 7) is 12.8. The van der Waals surface area contributed by atoms with Crippen LogP contribution in [0.15, 0.2) is 24.3 Å². The lowest BCUT2D eigenvalue weighted by Gasteiger charge is -2.19. The molecule has 1 aromatic carbocycles. The van der Waals surface area contributed by atoms with E-state index < -0.39 is 0 Å². The van der Waals surface area contributed by atoms with Crippen molar-refractivity contribution in [2.75, 3.05) is 18.5 Å². The van der Waals surface area contributed by atoms with Crippen LogP contribution in [0, 0.1) is 11.3 Å². The van der Waals surface area contributed by atoms with Gasteiger partial charge in [-0.1, -0.05) is 34.6 Å². The van der Waals surface area contributed by atoms with Crippen LogP contribution in [0.2, 0.25) is 0 Å². The van der Waals surface area contributed by atoms with E-state index in [9.17, 15) is 0 Å². The Balaban J connectivity index is 2.38. The lowest BCUT2D eigenvalue weighted by molar-refractivity contribution is 0.198. The van der Waals surface area contributed by atoms with Gasteiger partial charge in [-0.25, -0.2) is 0 Å². The third-order valence-corrected chi connectivity index (χ3v) is 2.58. The van der Waals surface area contributed by atoms with Crippen molar-refractivity contribution in [3.63, 3.8) is 0 Å². The molecule has 0 aromatic heterocycles. The minimum atomic E-state index is 0.203. The Morgan fingerprint density at radius 2 is 1.72 bits per heavy atom. The van der Waals surface area contributed by atoms with Crippen molar-refractivity contribution in [3.8, 4) is 5.75 Å². The van der Waals surface area contributed by atoms with E-state index in [1.165, 1.54) is 12.1 Å². The molecule has 0 saturated heterocycles. The number of rotatable bonds is 6. The van der Waals surface area contributed by atoms with Crippen LogP contribution >= 0.6 is 0 Å². The second kappa shape index (κ2) is 6.67. The van der Waals surface area contributed by atoms with Crippen molar-refractivity contribution in [2.24, 2.45) is 11.3 Å². The van der Waals surface area contributed by atoms with Crippen LogP contribution in [-0.2, 0) is 0 Å². The predicted molar refractivity (Wildman–Crippen MR) is 79.3 cm³/mol. The highest BCUT2D eigenvalue weighted by Crippen LogP contribution is 2.19. The molecule has 0 unspecified atom stereocenters. The maximum absolute atomic E-state index is 5.74. The minimum Gasteiger partial charge on any atom is -0.493 e. The van der Waals surface area contributed by atoms with Gasteiger partial charge in [-0.15, -0.1) is 0 Å². The lowest BCUT2D eigenvalue weighted by Crippen LogP contribution is -2.16. The van der Waals surface area contributed by atoms with E-state index in [1.807, 2.05) is 12.1 Å². The van der Waals surface area contributed by atoms with Gasteiger partial charge in [0.15, 0.2) is 0 Å². The molecule has 0 aliphatic heterocycles. The molecular formula is C16H27NO. The van der Waals surface area contributed by atoms with Crippen LogP contribution in [0.4, 0.5) is 5.69 Å². The van der Waals surface area contributed by atoms with E-state index in [1.54, 1.807) is 0 Å². The minimum absolute atomic E-state index is 0.203. The molecule has 0 saturated carbocycles. The van der Waals surface area contributed by atoms with Crippen molar-refractivity contribution >= 4 is 5.69 Å². The first kappa shape index (κ1) is 14.9. The van der Waals surface area contributed by atoms with Gasteiger partial charge < -0.3 is 10.1 Å². The highest BCUT2D eigenvalue weighted by molar-refractivity contribution is 5.46. The number of nitrogens with one attached hydrogen (secondary N) is 1. The average Bonchev–Trinajstić information content (AvgIpc) is 2.26. The van der Waals surface area contributed by atoms with E-state index in [0.717, 1.165) is 24.8 Å². The van der Waals surface area contributed by atoms with Crippen LogP contribution in [0.3, 0.4) is 0 Å². The van der Waals surface area contributed by atoms with Crippen LogP contribution in [0.25, 0.3) is 0 Å². The summed E-state index contributed by atoms with van der Waals surface area (Å²) < 4.78 is 5.74. The molecule has 1 rings (SSSR count). The van der Waals surface area contributed by atoms with E-state index in [0.29, 0.717) is 0 Å². The number of ether oxygens (including phenoxy) is 1. The standard InChI is InChI=1S/C16H27NO/c1-13(2)10-11-17-14-6-8-15(9-7-14)18-12-16(3,4)5/h6-9,13,17H,10-12H2,1-5H3. The van der Waals surface area contributed by atoms with Crippen LogP contribution in [0.1, 0.15) is 41.0 Å². The van der Waals surface area contributed by atoms with Crippen LogP contribution in [0.5, 0.6) is 5.75 Å². The second-order valence-electron chi connectivity index (χ2n) is 6.48. The number of anilines is 1. The van der Waals surface area contributed by atoms with Gasteiger partial charge in [-0.05, 0) is 42.0 Å². The molecule has 0 bridgehead atoms. The Kier molecular flexibility index (Phi) is 5.52. The number of hydrogen-bond donors (Lipinski definition) is 1. The maximum atomic E-state index is 5.74. The number of hydrogen-bond acceptors (Lipinski definition) is 2. The summed E-state index contributed by atoms with van der Waals surface area (Å²) in [5.74, 6) is 1.69. The largest absolute Gasteiger partial charge is 0.493 e. The topological polar surface area (TPSA) is 21.3 Å². The summed E-state index contributed by atoms with van der Waals surface area (Å²) in [6, 6.07) is 8.23. The Morgan fingerprint density at radius 3 is 2.22 bits per heavy atom. The summed E-state index contributed by atoms with van der Waals surface area (Å²) in [5.41, 5.74) is 1.37. The Hall–Kier alpha value is -1.18. The predicted octanol–water partition coefficient (Wildman–Crippen LogP) is 4.57. The average molecular weight is 249 g/mol. The van der Waals surface area contributed by atoms with E-state index in [2.05, 4.69) is 52.1 Å². The van der Waals surface area contributed by atoms with Gasteiger partial charge in [0.05, 0.1) is 6.61 Å². The summed E-state index contributed by atoms with van der Waals surface area (Å²) in [7, 11) is 0. The third-order valence-electron chi connectivity index (χ3n) is 2.58. The summed E-state index contributed by atoms with van der Waals surface area (Å²) in [5, 5.41) is 3.42.